The molecule has 0 fully saturated rings. The van der Waals surface area contributed by atoms with Crippen LogP contribution in [0.1, 0.15) is 16.7 Å². The molecule has 0 radical (unpaired) electrons. The summed E-state index contributed by atoms with van der Waals surface area (Å²) in [5.41, 5.74) is 2.77. The Morgan fingerprint density at radius 3 is 2.50 bits per heavy atom. The van der Waals surface area contributed by atoms with Crippen molar-refractivity contribution in [2.45, 2.75) is 25.3 Å². The molecule has 2 rings (SSSR count). The van der Waals surface area contributed by atoms with Gasteiger partial charge in [-0.15, -0.1) is 0 Å². The van der Waals surface area contributed by atoms with Gasteiger partial charge < -0.3 is 0 Å². The molecule has 2 aromatic rings. The summed E-state index contributed by atoms with van der Waals surface area (Å²) < 4.78 is 27.0. The lowest BCUT2D eigenvalue weighted by Crippen LogP contribution is -2.23. The van der Waals surface area contributed by atoms with Crippen LogP contribution in [0.2, 0.25) is 5.02 Å². The first-order chi connectivity index (χ1) is 9.38. The van der Waals surface area contributed by atoms with Crippen LogP contribution in [0.3, 0.4) is 0 Å². The second-order valence-electron chi connectivity index (χ2n) is 4.72. The van der Waals surface area contributed by atoms with Gasteiger partial charge in [-0.05, 0) is 43.2 Å². The summed E-state index contributed by atoms with van der Waals surface area (Å²) in [6.07, 6.45) is 0. The maximum absolute atomic E-state index is 12.2. The van der Waals surface area contributed by atoms with Crippen LogP contribution in [0.25, 0.3) is 0 Å². The van der Waals surface area contributed by atoms with Crippen LogP contribution in [0, 0.1) is 13.8 Å². The van der Waals surface area contributed by atoms with Crippen molar-refractivity contribution in [1.82, 2.24) is 4.72 Å². The summed E-state index contributed by atoms with van der Waals surface area (Å²) in [6.45, 7) is 4.02. The number of rotatable bonds is 4. The molecule has 0 spiro atoms. The van der Waals surface area contributed by atoms with Gasteiger partial charge in [-0.2, -0.15) is 0 Å². The number of nitrogens with one attached hydrogen (secondary N) is 1. The van der Waals surface area contributed by atoms with E-state index in [-0.39, 0.29) is 11.4 Å². The van der Waals surface area contributed by atoms with Crippen molar-refractivity contribution in [1.29, 1.82) is 0 Å². The van der Waals surface area contributed by atoms with Crippen molar-refractivity contribution in [3.8, 4) is 0 Å². The fraction of sp³-hybridized carbons (Fsp3) is 0.200. The zero-order valence-electron chi connectivity index (χ0n) is 11.4. The Labute approximate surface area is 124 Å². The van der Waals surface area contributed by atoms with Gasteiger partial charge in [-0.1, -0.05) is 41.4 Å². The molecule has 0 bridgehead atoms. The summed E-state index contributed by atoms with van der Waals surface area (Å²) >= 11 is 5.91. The minimum absolute atomic E-state index is 0.229. The fourth-order valence-electron chi connectivity index (χ4n) is 1.87. The fourth-order valence-corrected chi connectivity index (χ4v) is 3.09. The third kappa shape index (κ3) is 3.60. The highest BCUT2D eigenvalue weighted by Gasteiger charge is 2.14. The second kappa shape index (κ2) is 5.95. The molecule has 1 N–H and O–H groups in total. The van der Waals surface area contributed by atoms with Crippen LogP contribution in [0.4, 0.5) is 0 Å². The van der Waals surface area contributed by atoms with Gasteiger partial charge in [-0.3, -0.25) is 0 Å². The SMILES string of the molecule is Cc1cccc(CNS(=O)(=O)c2ccc(Cl)c(C)c2)c1. The molecule has 20 heavy (non-hydrogen) atoms. The molecule has 2 aromatic carbocycles. The number of hydrogen-bond acceptors (Lipinski definition) is 2. The van der Waals surface area contributed by atoms with E-state index in [2.05, 4.69) is 4.72 Å². The molecule has 0 aliphatic rings. The molecular weight excluding hydrogens is 294 g/mol. The summed E-state index contributed by atoms with van der Waals surface area (Å²) in [7, 11) is -3.52. The predicted octanol–water partition coefficient (Wildman–Crippen LogP) is 3.44. The second-order valence-corrected chi connectivity index (χ2v) is 6.90. The molecule has 3 nitrogen and oxygen atoms in total. The van der Waals surface area contributed by atoms with Crippen molar-refractivity contribution in [2.75, 3.05) is 0 Å². The first-order valence-corrected chi connectivity index (χ1v) is 8.06. The smallest absolute Gasteiger partial charge is 0.207 e. The number of benzene rings is 2. The third-order valence-corrected chi connectivity index (χ3v) is 4.81. The van der Waals surface area contributed by atoms with Crippen LogP contribution < -0.4 is 4.72 Å². The maximum atomic E-state index is 12.2. The van der Waals surface area contributed by atoms with Crippen molar-refractivity contribution < 1.29 is 8.42 Å². The van der Waals surface area contributed by atoms with Crippen LogP contribution >= 0.6 is 11.6 Å². The van der Waals surface area contributed by atoms with Crippen molar-refractivity contribution in [2.24, 2.45) is 0 Å². The Morgan fingerprint density at radius 1 is 1.10 bits per heavy atom. The number of halogens is 1. The summed E-state index contributed by atoms with van der Waals surface area (Å²) in [5, 5.41) is 0.558. The Balaban J connectivity index is 2.17. The summed E-state index contributed by atoms with van der Waals surface area (Å²) in [6, 6.07) is 12.4. The van der Waals surface area contributed by atoms with Crippen molar-refractivity contribution in [3.63, 3.8) is 0 Å². The van der Waals surface area contributed by atoms with Gasteiger partial charge in [0.1, 0.15) is 0 Å². The Bertz CT molecular complexity index is 726. The van der Waals surface area contributed by atoms with E-state index < -0.39 is 10.0 Å². The Kier molecular flexibility index (Phi) is 4.48. The van der Waals surface area contributed by atoms with Crippen molar-refractivity contribution >= 4 is 21.6 Å². The minimum Gasteiger partial charge on any atom is -0.207 e. The quantitative estimate of drug-likeness (QED) is 0.940. The number of aryl methyl sites for hydroxylation is 2. The standard InChI is InChI=1S/C15H16ClNO2S/c1-11-4-3-5-13(8-11)10-17-20(18,19)14-6-7-15(16)12(2)9-14/h3-9,17H,10H2,1-2H3. The van der Waals surface area contributed by atoms with Gasteiger partial charge in [0.15, 0.2) is 0 Å². The molecule has 5 heteroatoms. The van der Waals surface area contributed by atoms with Gasteiger partial charge in [0.2, 0.25) is 10.0 Å². The molecule has 0 aliphatic heterocycles. The number of hydrogen-bond donors (Lipinski definition) is 1. The molecular formula is C15H16ClNO2S. The average molecular weight is 310 g/mol. The van der Waals surface area contributed by atoms with E-state index in [4.69, 9.17) is 11.6 Å². The zero-order chi connectivity index (χ0) is 14.8. The lowest BCUT2D eigenvalue weighted by atomic mass is 10.1. The van der Waals surface area contributed by atoms with Crippen molar-refractivity contribution in [3.05, 3.63) is 64.2 Å². The lowest BCUT2D eigenvalue weighted by Gasteiger charge is -2.08. The lowest BCUT2D eigenvalue weighted by molar-refractivity contribution is 0.581. The normalized spacial score (nSPS) is 11.6. The Hall–Kier alpha value is -1.36. The monoisotopic (exact) mass is 309 g/mol. The van der Waals surface area contributed by atoms with E-state index in [9.17, 15) is 8.42 Å². The molecule has 0 heterocycles. The predicted molar refractivity (Wildman–Crippen MR) is 81.4 cm³/mol. The molecule has 0 amide bonds. The third-order valence-electron chi connectivity index (χ3n) is 2.99. The number of sulfonamides is 1. The van der Waals surface area contributed by atoms with E-state index in [1.165, 1.54) is 6.07 Å². The zero-order valence-corrected chi connectivity index (χ0v) is 12.9. The van der Waals surface area contributed by atoms with E-state index in [1.54, 1.807) is 19.1 Å². The molecule has 0 saturated carbocycles. The van der Waals surface area contributed by atoms with Crippen LogP contribution in [-0.4, -0.2) is 8.42 Å². The van der Waals surface area contributed by atoms with E-state index >= 15 is 0 Å². The van der Waals surface area contributed by atoms with E-state index in [1.807, 2.05) is 31.2 Å². The minimum atomic E-state index is -3.52. The van der Waals surface area contributed by atoms with Gasteiger partial charge in [0, 0.05) is 11.6 Å². The van der Waals surface area contributed by atoms with E-state index in [0.717, 1.165) is 16.7 Å². The molecule has 106 valence electrons. The van der Waals surface area contributed by atoms with Gasteiger partial charge in [-0.25, -0.2) is 13.1 Å². The summed E-state index contributed by atoms with van der Waals surface area (Å²) in [4.78, 5) is 0.229. The van der Waals surface area contributed by atoms with Gasteiger partial charge >= 0.3 is 0 Å². The molecule has 0 atom stereocenters. The molecule has 0 unspecified atom stereocenters. The van der Waals surface area contributed by atoms with E-state index in [0.29, 0.717) is 5.02 Å². The first-order valence-electron chi connectivity index (χ1n) is 6.20. The van der Waals surface area contributed by atoms with Crippen LogP contribution in [-0.2, 0) is 16.6 Å². The molecule has 0 aromatic heterocycles. The topological polar surface area (TPSA) is 46.2 Å². The first kappa shape index (κ1) is 15.0. The highest BCUT2D eigenvalue weighted by molar-refractivity contribution is 7.89. The van der Waals surface area contributed by atoms with Crippen LogP contribution in [0.15, 0.2) is 47.4 Å². The molecule has 0 saturated heterocycles. The van der Waals surface area contributed by atoms with Gasteiger partial charge in [0.25, 0.3) is 0 Å². The van der Waals surface area contributed by atoms with Crippen LogP contribution in [0.5, 0.6) is 0 Å². The maximum Gasteiger partial charge on any atom is 0.240 e. The largest absolute Gasteiger partial charge is 0.240 e. The highest BCUT2D eigenvalue weighted by Crippen LogP contribution is 2.19. The van der Waals surface area contributed by atoms with Gasteiger partial charge in [0.05, 0.1) is 4.90 Å². The molecule has 0 aliphatic carbocycles. The average Bonchev–Trinajstić information content (AvgIpc) is 2.40. The summed E-state index contributed by atoms with van der Waals surface area (Å²) in [5.74, 6) is 0. The highest BCUT2D eigenvalue weighted by atomic mass is 35.5. The Morgan fingerprint density at radius 2 is 1.85 bits per heavy atom.